The Labute approximate surface area is 113 Å². The maximum atomic E-state index is 12.9. The van der Waals surface area contributed by atoms with Crippen LogP contribution in [0.3, 0.4) is 0 Å². The Morgan fingerprint density at radius 3 is 2.85 bits per heavy atom. The van der Waals surface area contributed by atoms with E-state index in [2.05, 4.69) is 4.98 Å². The lowest BCUT2D eigenvalue weighted by Gasteiger charge is -2.11. The zero-order chi connectivity index (χ0) is 14.5. The van der Waals surface area contributed by atoms with Crippen LogP contribution in [0.15, 0.2) is 36.5 Å². The predicted octanol–water partition coefficient (Wildman–Crippen LogP) is 2.06. The molecule has 2 aromatic rings. The summed E-state index contributed by atoms with van der Waals surface area (Å²) in [5.74, 6) is -1.20. The highest BCUT2D eigenvalue weighted by Crippen LogP contribution is 2.32. The van der Waals surface area contributed by atoms with Gasteiger partial charge in [-0.15, -0.1) is 0 Å². The normalized spacial score (nSPS) is 10.1. The van der Waals surface area contributed by atoms with Gasteiger partial charge in [0.2, 0.25) is 0 Å². The van der Waals surface area contributed by atoms with Crippen molar-refractivity contribution in [2.24, 2.45) is 0 Å². The van der Waals surface area contributed by atoms with Crippen LogP contribution >= 0.6 is 0 Å². The molecule has 2 rings (SSSR count). The van der Waals surface area contributed by atoms with Gasteiger partial charge in [0.1, 0.15) is 5.82 Å². The number of rotatable bonds is 5. The molecule has 0 amide bonds. The molecule has 6 nitrogen and oxygen atoms in total. The van der Waals surface area contributed by atoms with Gasteiger partial charge in [-0.3, -0.25) is 0 Å². The van der Waals surface area contributed by atoms with Crippen LogP contribution in [0.25, 0.3) is 0 Å². The van der Waals surface area contributed by atoms with E-state index in [1.807, 2.05) is 0 Å². The van der Waals surface area contributed by atoms with E-state index >= 15 is 0 Å². The molecule has 0 aliphatic carbocycles. The summed E-state index contributed by atoms with van der Waals surface area (Å²) < 4.78 is 23.4. The van der Waals surface area contributed by atoms with E-state index in [1.54, 1.807) is 6.07 Å². The van der Waals surface area contributed by atoms with Crippen molar-refractivity contribution in [1.29, 1.82) is 0 Å². The largest absolute Gasteiger partial charge is 0.479 e. The number of nitrogens with two attached hydrogens (primary N) is 1. The fraction of sp³-hybridized carbons (Fsp3) is 0.0769. The van der Waals surface area contributed by atoms with Gasteiger partial charge in [-0.1, -0.05) is 0 Å². The Kier molecular flexibility index (Phi) is 3.99. The summed E-state index contributed by atoms with van der Waals surface area (Å²) in [6, 6.07) is 6.79. The Bertz CT molecular complexity index is 634. The smallest absolute Gasteiger partial charge is 0.341 e. The molecular weight excluding hydrogens is 267 g/mol. The third-order valence-corrected chi connectivity index (χ3v) is 2.26. The van der Waals surface area contributed by atoms with Gasteiger partial charge in [-0.2, -0.15) is 0 Å². The lowest BCUT2D eigenvalue weighted by molar-refractivity contribution is -0.139. The molecule has 0 atom stereocenters. The van der Waals surface area contributed by atoms with Crippen molar-refractivity contribution >= 4 is 11.7 Å². The average molecular weight is 278 g/mol. The molecular formula is C13H11FN2O4. The highest BCUT2D eigenvalue weighted by Gasteiger charge is 2.11. The summed E-state index contributed by atoms with van der Waals surface area (Å²) in [7, 11) is 0. The number of carboxylic acid groups (broad SMARTS) is 1. The first kappa shape index (κ1) is 13.6. The number of nitrogen functional groups attached to an aromatic ring is 1. The zero-order valence-electron chi connectivity index (χ0n) is 10.2. The van der Waals surface area contributed by atoms with Gasteiger partial charge < -0.3 is 20.3 Å². The third-order valence-electron chi connectivity index (χ3n) is 2.26. The summed E-state index contributed by atoms with van der Waals surface area (Å²) in [5.41, 5.74) is 5.73. The van der Waals surface area contributed by atoms with Gasteiger partial charge in [0, 0.05) is 12.3 Å². The van der Waals surface area contributed by atoms with Crippen molar-refractivity contribution in [2.45, 2.75) is 0 Å². The summed E-state index contributed by atoms with van der Waals surface area (Å²) in [6.07, 6.45) is 1.43. The van der Waals surface area contributed by atoms with E-state index in [9.17, 15) is 9.18 Å². The lowest BCUT2D eigenvalue weighted by atomic mass is 10.3. The molecule has 0 unspecified atom stereocenters. The standard InChI is InChI=1S/C13H11FN2O4/c14-8-3-4-10(9(15)6-8)20-11-2-1-5-16-13(11)19-7-12(17)18/h1-6H,7,15H2,(H,17,18). The number of anilines is 1. The van der Waals surface area contributed by atoms with E-state index in [-0.39, 0.29) is 23.1 Å². The molecule has 1 aromatic carbocycles. The summed E-state index contributed by atoms with van der Waals surface area (Å²) in [6.45, 7) is -0.549. The first-order chi connectivity index (χ1) is 9.56. The second-order valence-electron chi connectivity index (χ2n) is 3.77. The van der Waals surface area contributed by atoms with Crippen LogP contribution in [0.5, 0.6) is 17.4 Å². The van der Waals surface area contributed by atoms with Gasteiger partial charge >= 0.3 is 5.97 Å². The van der Waals surface area contributed by atoms with E-state index < -0.39 is 18.4 Å². The number of pyridine rings is 1. The Morgan fingerprint density at radius 1 is 1.35 bits per heavy atom. The van der Waals surface area contributed by atoms with Gasteiger partial charge in [0.05, 0.1) is 5.69 Å². The molecule has 104 valence electrons. The second-order valence-corrected chi connectivity index (χ2v) is 3.77. The maximum absolute atomic E-state index is 12.9. The van der Waals surface area contributed by atoms with E-state index in [1.165, 1.54) is 24.4 Å². The molecule has 0 fully saturated rings. The lowest BCUT2D eigenvalue weighted by Crippen LogP contribution is -2.10. The molecule has 1 heterocycles. The Balaban J connectivity index is 2.22. The first-order valence-corrected chi connectivity index (χ1v) is 5.59. The predicted molar refractivity (Wildman–Crippen MR) is 68.3 cm³/mol. The minimum Gasteiger partial charge on any atom is -0.479 e. The second kappa shape index (κ2) is 5.87. The Hall–Kier alpha value is -2.83. The van der Waals surface area contributed by atoms with Gasteiger partial charge in [-0.05, 0) is 24.3 Å². The molecule has 0 saturated heterocycles. The average Bonchev–Trinajstić information content (AvgIpc) is 2.41. The number of carbonyl (C=O) groups is 1. The number of hydrogen-bond acceptors (Lipinski definition) is 5. The number of benzene rings is 1. The molecule has 0 aliphatic rings. The van der Waals surface area contributed by atoms with Crippen molar-refractivity contribution in [3.63, 3.8) is 0 Å². The van der Waals surface area contributed by atoms with Crippen LogP contribution < -0.4 is 15.2 Å². The molecule has 1 aromatic heterocycles. The number of hydrogen-bond donors (Lipinski definition) is 2. The molecule has 0 bridgehead atoms. The van der Waals surface area contributed by atoms with Crippen molar-refractivity contribution in [3.8, 4) is 17.4 Å². The molecule has 0 radical (unpaired) electrons. The van der Waals surface area contributed by atoms with Crippen molar-refractivity contribution in [3.05, 3.63) is 42.3 Å². The van der Waals surface area contributed by atoms with E-state index in [0.717, 1.165) is 6.07 Å². The molecule has 0 saturated carbocycles. The molecule has 20 heavy (non-hydrogen) atoms. The van der Waals surface area contributed by atoms with Gasteiger partial charge in [-0.25, -0.2) is 14.2 Å². The van der Waals surface area contributed by atoms with Crippen LogP contribution in [-0.2, 0) is 4.79 Å². The van der Waals surface area contributed by atoms with Crippen molar-refractivity contribution < 1.29 is 23.8 Å². The quantitative estimate of drug-likeness (QED) is 0.813. The van der Waals surface area contributed by atoms with Crippen molar-refractivity contribution in [1.82, 2.24) is 4.98 Å². The number of aromatic nitrogens is 1. The SMILES string of the molecule is Nc1cc(F)ccc1Oc1cccnc1OCC(=O)O. The minimum absolute atomic E-state index is 0.0126. The highest BCUT2D eigenvalue weighted by atomic mass is 19.1. The summed E-state index contributed by atoms with van der Waals surface area (Å²) >= 11 is 0. The van der Waals surface area contributed by atoms with Crippen LogP contribution in [0.4, 0.5) is 10.1 Å². The molecule has 3 N–H and O–H groups in total. The molecule has 7 heteroatoms. The van der Waals surface area contributed by atoms with Gasteiger partial charge in [0.15, 0.2) is 18.1 Å². The minimum atomic E-state index is -1.14. The topological polar surface area (TPSA) is 94.7 Å². The van der Waals surface area contributed by atoms with E-state index in [4.69, 9.17) is 20.3 Å². The van der Waals surface area contributed by atoms with Crippen LogP contribution in [0, 0.1) is 5.82 Å². The number of aliphatic carboxylic acids is 1. The van der Waals surface area contributed by atoms with Crippen LogP contribution in [-0.4, -0.2) is 22.7 Å². The van der Waals surface area contributed by atoms with Gasteiger partial charge in [0.25, 0.3) is 5.88 Å². The van der Waals surface area contributed by atoms with Crippen molar-refractivity contribution in [2.75, 3.05) is 12.3 Å². The maximum Gasteiger partial charge on any atom is 0.341 e. The number of ether oxygens (including phenoxy) is 2. The number of halogens is 1. The fourth-order valence-corrected chi connectivity index (χ4v) is 1.42. The molecule has 0 aliphatic heterocycles. The first-order valence-electron chi connectivity index (χ1n) is 5.59. The fourth-order valence-electron chi connectivity index (χ4n) is 1.42. The summed E-state index contributed by atoms with van der Waals surface area (Å²) in [5, 5.41) is 8.57. The number of nitrogens with zero attached hydrogens (tertiary/aromatic N) is 1. The van der Waals surface area contributed by atoms with Crippen LogP contribution in [0.2, 0.25) is 0 Å². The monoisotopic (exact) mass is 278 g/mol. The van der Waals surface area contributed by atoms with Crippen LogP contribution in [0.1, 0.15) is 0 Å². The third kappa shape index (κ3) is 3.35. The highest BCUT2D eigenvalue weighted by molar-refractivity contribution is 5.68. The molecule has 0 spiro atoms. The zero-order valence-corrected chi connectivity index (χ0v) is 10.2. The summed E-state index contributed by atoms with van der Waals surface area (Å²) in [4.78, 5) is 14.3. The Morgan fingerprint density at radius 2 is 2.15 bits per heavy atom. The number of carboxylic acids is 1. The van der Waals surface area contributed by atoms with E-state index in [0.29, 0.717) is 0 Å².